The number of aliphatic hydroxyl groups is 1. The van der Waals surface area contributed by atoms with Crippen molar-refractivity contribution in [2.45, 2.75) is 47.1 Å². The van der Waals surface area contributed by atoms with Crippen molar-refractivity contribution in [2.75, 3.05) is 20.7 Å². The number of fused-ring (bicyclic) bond motifs is 1. The molecule has 4 N–H and O–H groups in total. The SMILES string of the molecule is CC.CC[C@H](NC(=O)CNC)C(C)=O.CO.Cc1c[nH]c2ccccc12. The Labute approximate surface area is 157 Å². The van der Waals surface area contributed by atoms with Crippen molar-refractivity contribution in [3.8, 4) is 0 Å². The molecule has 0 aliphatic heterocycles. The summed E-state index contributed by atoms with van der Waals surface area (Å²) < 4.78 is 0. The molecule has 6 nitrogen and oxygen atoms in total. The highest BCUT2D eigenvalue weighted by Gasteiger charge is 2.13. The van der Waals surface area contributed by atoms with E-state index in [1.165, 1.54) is 23.4 Å². The number of carbonyl (C=O) groups is 2. The zero-order valence-corrected chi connectivity index (χ0v) is 17.1. The van der Waals surface area contributed by atoms with Crippen LogP contribution in [0.1, 0.15) is 39.7 Å². The molecule has 0 unspecified atom stereocenters. The number of nitrogens with one attached hydrogen (secondary N) is 3. The fourth-order valence-corrected chi connectivity index (χ4v) is 2.11. The van der Waals surface area contributed by atoms with E-state index in [1.807, 2.05) is 33.0 Å². The lowest BCUT2D eigenvalue weighted by Gasteiger charge is -2.12. The first-order chi connectivity index (χ1) is 12.5. The van der Waals surface area contributed by atoms with Crippen LogP contribution in [0.25, 0.3) is 10.9 Å². The normalized spacial score (nSPS) is 10.2. The van der Waals surface area contributed by atoms with Crippen LogP contribution in [0.2, 0.25) is 0 Å². The number of carbonyl (C=O) groups excluding carboxylic acids is 2. The van der Waals surface area contributed by atoms with Gasteiger partial charge in [0.25, 0.3) is 0 Å². The van der Waals surface area contributed by atoms with E-state index >= 15 is 0 Å². The number of Topliss-reactive ketones (excluding diaryl/α,β-unsaturated/α-hetero) is 1. The molecule has 0 aliphatic rings. The Kier molecular flexibility index (Phi) is 16.3. The fraction of sp³-hybridized carbons (Fsp3) is 0.500. The van der Waals surface area contributed by atoms with Gasteiger partial charge in [0.15, 0.2) is 5.78 Å². The van der Waals surface area contributed by atoms with Gasteiger partial charge < -0.3 is 20.7 Å². The number of para-hydroxylation sites is 1. The van der Waals surface area contributed by atoms with Gasteiger partial charge in [0.1, 0.15) is 0 Å². The minimum Gasteiger partial charge on any atom is -0.400 e. The molecule has 0 fully saturated rings. The maximum Gasteiger partial charge on any atom is 0.234 e. The van der Waals surface area contributed by atoms with Gasteiger partial charge in [-0.1, -0.05) is 39.0 Å². The van der Waals surface area contributed by atoms with Crippen molar-refractivity contribution in [1.82, 2.24) is 15.6 Å². The predicted molar refractivity (Wildman–Crippen MR) is 109 cm³/mol. The van der Waals surface area contributed by atoms with Crippen molar-refractivity contribution < 1.29 is 14.7 Å². The summed E-state index contributed by atoms with van der Waals surface area (Å²) in [5.74, 6) is -0.137. The molecule has 0 saturated heterocycles. The van der Waals surface area contributed by atoms with Gasteiger partial charge in [0, 0.05) is 24.2 Å². The van der Waals surface area contributed by atoms with Gasteiger partial charge >= 0.3 is 0 Å². The lowest BCUT2D eigenvalue weighted by molar-refractivity contribution is -0.126. The van der Waals surface area contributed by atoms with Crippen molar-refractivity contribution in [1.29, 1.82) is 0 Å². The highest BCUT2D eigenvalue weighted by molar-refractivity contribution is 5.88. The molecular weight excluding hydrogens is 330 g/mol. The summed E-state index contributed by atoms with van der Waals surface area (Å²) in [7, 11) is 2.69. The van der Waals surface area contributed by atoms with Crippen molar-refractivity contribution in [3.63, 3.8) is 0 Å². The smallest absolute Gasteiger partial charge is 0.234 e. The molecule has 1 heterocycles. The Hall–Kier alpha value is -2.18. The third kappa shape index (κ3) is 9.96. The Bertz CT molecular complexity index is 624. The first-order valence-corrected chi connectivity index (χ1v) is 8.91. The number of likely N-dealkylation sites (N-methyl/N-ethyl adjacent to an activating group) is 1. The summed E-state index contributed by atoms with van der Waals surface area (Å²) in [4.78, 5) is 25.1. The van der Waals surface area contributed by atoms with E-state index in [1.54, 1.807) is 7.05 Å². The average Bonchev–Trinajstić information content (AvgIpc) is 3.05. The second kappa shape index (κ2) is 16.3. The monoisotopic (exact) mass is 365 g/mol. The molecule has 1 aromatic heterocycles. The number of ketones is 1. The molecular formula is C20H35N3O3. The number of aryl methyl sites for hydroxylation is 1. The molecule has 2 aromatic rings. The number of amides is 1. The van der Waals surface area contributed by atoms with Crippen LogP contribution >= 0.6 is 0 Å². The molecule has 6 heteroatoms. The highest BCUT2D eigenvalue weighted by atomic mass is 16.2. The molecule has 1 aromatic carbocycles. The third-order valence-electron chi connectivity index (χ3n) is 3.37. The molecule has 0 aliphatic carbocycles. The van der Waals surface area contributed by atoms with E-state index in [2.05, 4.69) is 40.7 Å². The van der Waals surface area contributed by atoms with Gasteiger partial charge in [-0.25, -0.2) is 0 Å². The minimum absolute atomic E-state index is 0.00181. The molecule has 0 saturated carbocycles. The third-order valence-corrected chi connectivity index (χ3v) is 3.37. The van der Waals surface area contributed by atoms with Gasteiger partial charge in [-0.3, -0.25) is 9.59 Å². The van der Waals surface area contributed by atoms with Gasteiger partial charge in [0.05, 0.1) is 12.6 Å². The topological polar surface area (TPSA) is 94.2 Å². The maximum absolute atomic E-state index is 11.0. The van der Waals surface area contributed by atoms with Crippen molar-refractivity contribution >= 4 is 22.6 Å². The van der Waals surface area contributed by atoms with E-state index in [9.17, 15) is 9.59 Å². The average molecular weight is 366 g/mol. The van der Waals surface area contributed by atoms with Crippen LogP contribution in [0.15, 0.2) is 30.5 Å². The number of hydrogen-bond acceptors (Lipinski definition) is 4. The van der Waals surface area contributed by atoms with Crippen LogP contribution in [0, 0.1) is 6.92 Å². The van der Waals surface area contributed by atoms with E-state index < -0.39 is 0 Å². The number of aromatic nitrogens is 1. The molecule has 0 radical (unpaired) electrons. The Morgan fingerprint density at radius 2 is 1.77 bits per heavy atom. The maximum atomic E-state index is 11.0. The zero-order valence-electron chi connectivity index (χ0n) is 17.1. The van der Waals surface area contributed by atoms with Gasteiger partial charge in [0.2, 0.25) is 5.91 Å². The lowest BCUT2D eigenvalue weighted by Crippen LogP contribution is -2.42. The molecule has 1 atom stereocenters. The molecule has 2 rings (SSSR count). The minimum atomic E-state index is -0.328. The summed E-state index contributed by atoms with van der Waals surface area (Å²) in [6, 6.07) is 7.98. The Morgan fingerprint density at radius 1 is 1.19 bits per heavy atom. The summed E-state index contributed by atoms with van der Waals surface area (Å²) in [6.45, 7) is 9.71. The number of H-pyrrole nitrogens is 1. The molecule has 148 valence electrons. The summed E-state index contributed by atoms with van der Waals surface area (Å²) in [5, 5.41) is 13.7. The van der Waals surface area contributed by atoms with Crippen LogP contribution in [-0.4, -0.2) is 48.5 Å². The van der Waals surface area contributed by atoms with Gasteiger partial charge in [-0.05, 0) is 38.9 Å². The highest BCUT2D eigenvalue weighted by Crippen LogP contribution is 2.15. The predicted octanol–water partition coefficient (Wildman–Crippen LogP) is 2.80. The first-order valence-electron chi connectivity index (χ1n) is 8.91. The second-order valence-corrected chi connectivity index (χ2v) is 5.19. The van der Waals surface area contributed by atoms with E-state index in [4.69, 9.17) is 5.11 Å². The van der Waals surface area contributed by atoms with E-state index in [0.29, 0.717) is 6.42 Å². The summed E-state index contributed by atoms with van der Waals surface area (Å²) in [5.41, 5.74) is 2.54. The summed E-state index contributed by atoms with van der Waals surface area (Å²) in [6.07, 6.45) is 2.68. The fourth-order valence-electron chi connectivity index (χ4n) is 2.11. The number of aliphatic hydroxyl groups excluding tert-OH is 1. The number of hydrogen-bond donors (Lipinski definition) is 4. The van der Waals surface area contributed by atoms with Crippen LogP contribution in [0.3, 0.4) is 0 Å². The standard InChI is InChI=1S/C9H9N.C8H16N2O2.C2H6.CH4O/c1-7-6-10-9-5-3-2-4-8(7)9;1-4-7(6(2)11)10-8(12)5-9-3;2*1-2/h2-6,10H,1H3;7,9H,4-5H2,1-3H3,(H,10,12);1-2H3;2H,1H3/t;7-;;/m.0../s1. The van der Waals surface area contributed by atoms with E-state index in [-0.39, 0.29) is 24.3 Å². The summed E-state index contributed by atoms with van der Waals surface area (Å²) >= 11 is 0. The van der Waals surface area contributed by atoms with Crippen molar-refractivity contribution in [3.05, 3.63) is 36.0 Å². The largest absolute Gasteiger partial charge is 0.400 e. The van der Waals surface area contributed by atoms with Crippen LogP contribution < -0.4 is 10.6 Å². The number of aromatic amines is 1. The number of benzene rings is 1. The molecule has 26 heavy (non-hydrogen) atoms. The Balaban J connectivity index is 0. The van der Waals surface area contributed by atoms with E-state index in [0.717, 1.165) is 7.11 Å². The Morgan fingerprint density at radius 3 is 2.23 bits per heavy atom. The first kappa shape index (κ1) is 26.1. The molecule has 0 bridgehead atoms. The van der Waals surface area contributed by atoms with Gasteiger partial charge in [-0.2, -0.15) is 0 Å². The lowest BCUT2D eigenvalue weighted by atomic mass is 10.1. The van der Waals surface area contributed by atoms with Crippen LogP contribution in [0.4, 0.5) is 0 Å². The molecule has 1 amide bonds. The van der Waals surface area contributed by atoms with Gasteiger partial charge in [-0.15, -0.1) is 0 Å². The number of rotatable bonds is 5. The molecule has 0 spiro atoms. The van der Waals surface area contributed by atoms with Crippen LogP contribution in [0.5, 0.6) is 0 Å². The van der Waals surface area contributed by atoms with Crippen LogP contribution in [-0.2, 0) is 9.59 Å². The quantitative estimate of drug-likeness (QED) is 0.655. The second-order valence-electron chi connectivity index (χ2n) is 5.19. The van der Waals surface area contributed by atoms with Crippen molar-refractivity contribution in [2.24, 2.45) is 0 Å². The zero-order chi connectivity index (χ0) is 20.5.